The van der Waals surface area contributed by atoms with Crippen molar-refractivity contribution in [3.05, 3.63) is 54.1 Å². The molecule has 0 radical (unpaired) electrons. The van der Waals surface area contributed by atoms with Crippen molar-refractivity contribution in [2.45, 2.75) is 45.7 Å². The number of hydrogen-bond donors (Lipinski definition) is 1. The van der Waals surface area contributed by atoms with Gasteiger partial charge in [-0.1, -0.05) is 37.3 Å². The molecular weight excluding hydrogens is 482 g/mol. The van der Waals surface area contributed by atoms with E-state index in [0.29, 0.717) is 12.2 Å². The molecule has 0 aliphatic rings. The highest BCUT2D eigenvalue weighted by atomic mass is 32.2. The van der Waals surface area contributed by atoms with Crippen LogP contribution in [-0.2, 0) is 26.0 Å². The highest BCUT2D eigenvalue weighted by Gasteiger charge is 2.31. The Kier molecular flexibility index (Phi) is 10.6. The first-order chi connectivity index (χ1) is 17.0. The molecule has 10 heteroatoms. The maximum atomic E-state index is 13.6. The average molecular weight is 520 g/mol. The molecule has 2 aromatic rings. The van der Waals surface area contributed by atoms with Crippen LogP contribution in [-0.4, -0.2) is 70.8 Å². The van der Waals surface area contributed by atoms with Crippen LogP contribution in [0.2, 0.25) is 0 Å². The molecular formula is C26H37N3O6S. The molecule has 0 saturated carbocycles. The summed E-state index contributed by atoms with van der Waals surface area (Å²) in [6.07, 6.45) is 2.27. The molecule has 0 heterocycles. The van der Waals surface area contributed by atoms with E-state index in [-0.39, 0.29) is 29.9 Å². The minimum Gasteiger partial charge on any atom is -0.497 e. The van der Waals surface area contributed by atoms with Gasteiger partial charge in [-0.3, -0.25) is 13.9 Å². The third-order valence-electron chi connectivity index (χ3n) is 5.99. The van der Waals surface area contributed by atoms with E-state index >= 15 is 0 Å². The highest BCUT2D eigenvalue weighted by Crippen LogP contribution is 2.33. The van der Waals surface area contributed by atoms with E-state index in [9.17, 15) is 18.0 Å². The number of nitrogens with zero attached hydrogens (tertiary/aromatic N) is 2. The summed E-state index contributed by atoms with van der Waals surface area (Å²) in [7, 11) is -1.01. The van der Waals surface area contributed by atoms with Gasteiger partial charge in [-0.2, -0.15) is 0 Å². The summed E-state index contributed by atoms with van der Waals surface area (Å²) in [6, 6.07) is 13.4. The van der Waals surface area contributed by atoms with Gasteiger partial charge in [-0.15, -0.1) is 0 Å². The lowest BCUT2D eigenvalue weighted by atomic mass is 10.1. The van der Waals surface area contributed by atoms with Crippen molar-refractivity contribution in [3.8, 4) is 11.5 Å². The molecule has 0 spiro atoms. The maximum Gasteiger partial charge on any atom is 0.244 e. The molecule has 1 N–H and O–H groups in total. The average Bonchev–Trinajstić information content (AvgIpc) is 2.86. The van der Waals surface area contributed by atoms with Gasteiger partial charge >= 0.3 is 0 Å². The van der Waals surface area contributed by atoms with Crippen LogP contribution in [0, 0.1) is 0 Å². The number of carbonyl (C=O) groups is 2. The summed E-state index contributed by atoms with van der Waals surface area (Å²) >= 11 is 0. The zero-order chi connectivity index (χ0) is 26.9. The SMILES string of the molecule is CC[C@H](C)NC(=O)[C@H](C)N(CCc1ccccc1)C(=O)CN(c1cc(OC)ccc1OC)S(C)(=O)=O. The van der Waals surface area contributed by atoms with Crippen molar-refractivity contribution in [1.29, 1.82) is 0 Å². The molecule has 2 atom stereocenters. The summed E-state index contributed by atoms with van der Waals surface area (Å²) in [4.78, 5) is 28.0. The van der Waals surface area contributed by atoms with Crippen molar-refractivity contribution in [3.63, 3.8) is 0 Å². The molecule has 0 saturated heterocycles. The Hall–Kier alpha value is -3.27. The Morgan fingerprint density at radius 3 is 2.25 bits per heavy atom. The Labute approximate surface area is 214 Å². The van der Waals surface area contributed by atoms with Crippen molar-refractivity contribution in [2.75, 3.05) is 37.9 Å². The number of sulfonamides is 1. The minimum absolute atomic E-state index is 0.0559. The van der Waals surface area contributed by atoms with Gasteiger partial charge in [-0.05, 0) is 44.4 Å². The van der Waals surface area contributed by atoms with Crippen LogP contribution in [0.15, 0.2) is 48.5 Å². The van der Waals surface area contributed by atoms with E-state index < -0.39 is 28.5 Å². The van der Waals surface area contributed by atoms with Crippen LogP contribution >= 0.6 is 0 Å². The van der Waals surface area contributed by atoms with Gasteiger partial charge in [0.15, 0.2) is 0 Å². The first kappa shape index (κ1) is 29.0. The van der Waals surface area contributed by atoms with E-state index in [1.165, 1.54) is 25.2 Å². The Bertz CT molecular complexity index is 1120. The predicted molar refractivity (Wildman–Crippen MR) is 141 cm³/mol. The third kappa shape index (κ3) is 7.87. The summed E-state index contributed by atoms with van der Waals surface area (Å²) in [5, 5.41) is 2.91. The van der Waals surface area contributed by atoms with Crippen molar-refractivity contribution in [2.24, 2.45) is 0 Å². The summed E-state index contributed by atoms with van der Waals surface area (Å²) in [5.41, 5.74) is 1.17. The minimum atomic E-state index is -3.89. The first-order valence-electron chi connectivity index (χ1n) is 11.8. The molecule has 0 aliphatic heterocycles. The molecule has 198 valence electrons. The maximum absolute atomic E-state index is 13.6. The predicted octanol–water partition coefficient (Wildman–Crippen LogP) is 2.84. The number of rotatable bonds is 13. The number of carbonyl (C=O) groups excluding carboxylic acids is 2. The molecule has 2 rings (SSSR count). The lowest BCUT2D eigenvalue weighted by Crippen LogP contribution is -2.53. The van der Waals surface area contributed by atoms with E-state index in [4.69, 9.17) is 9.47 Å². The van der Waals surface area contributed by atoms with Crippen LogP contribution in [0.1, 0.15) is 32.8 Å². The van der Waals surface area contributed by atoms with Crippen LogP contribution in [0.4, 0.5) is 5.69 Å². The van der Waals surface area contributed by atoms with Crippen molar-refractivity contribution >= 4 is 27.5 Å². The van der Waals surface area contributed by atoms with Crippen LogP contribution < -0.4 is 19.1 Å². The van der Waals surface area contributed by atoms with Gasteiger partial charge in [0.1, 0.15) is 24.1 Å². The quantitative estimate of drug-likeness (QED) is 0.436. The molecule has 0 unspecified atom stereocenters. The lowest BCUT2D eigenvalue weighted by molar-refractivity contribution is -0.139. The van der Waals surface area contributed by atoms with Gasteiger partial charge < -0.3 is 19.7 Å². The molecule has 2 amide bonds. The van der Waals surface area contributed by atoms with Gasteiger partial charge in [0.05, 0.1) is 26.2 Å². The van der Waals surface area contributed by atoms with Gasteiger partial charge in [0.25, 0.3) is 0 Å². The van der Waals surface area contributed by atoms with Gasteiger partial charge in [0.2, 0.25) is 21.8 Å². The summed E-state index contributed by atoms with van der Waals surface area (Å²) in [5.74, 6) is -0.120. The number of benzene rings is 2. The number of nitrogens with one attached hydrogen (secondary N) is 1. The fourth-order valence-corrected chi connectivity index (χ4v) is 4.47. The van der Waals surface area contributed by atoms with Gasteiger partial charge in [0, 0.05) is 18.7 Å². The van der Waals surface area contributed by atoms with Crippen molar-refractivity contribution < 1.29 is 27.5 Å². The number of anilines is 1. The Morgan fingerprint density at radius 1 is 1.03 bits per heavy atom. The molecule has 2 aromatic carbocycles. The normalized spacial score (nSPS) is 12.8. The molecule has 9 nitrogen and oxygen atoms in total. The van der Waals surface area contributed by atoms with Crippen molar-refractivity contribution in [1.82, 2.24) is 10.2 Å². The Morgan fingerprint density at radius 2 is 1.69 bits per heavy atom. The third-order valence-corrected chi connectivity index (χ3v) is 7.11. The number of methoxy groups -OCH3 is 2. The van der Waals surface area contributed by atoms with Crippen LogP contribution in [0.25, 0.3) is 0 Å². The highest BCUT2D eigenvalue weighted by molar-refractivity contribution is 7.92. The number of ether oxygens (including phenoxy) is 2. The van der Waals surface area contributed by atoms with E-state index in [0.717, 1.165) is 22.5 Å². The topological polar surface area (TPSA) is 105 Å². The second kappa shape index (κ2) is 13.2. The second-order valence-electron chi connectivity index (χ2n) is 8.62. The van der Waals surface area contributed by atoms with Crippen LogP contribution in [0.3, 0.4) is 0 Å². The second-order valence-corrected chi connectivity index (χ2v) is 10.5. The van der Waals surface area contributed by atoms with Crippen LogP contribution in [0.5, 0.6) is 11.5 Å². The first-order valence-corrected chi connectivity index (χ1v) is 13.7. The molecule has 0 bridgehead atoms. The van der Waals surface area contributed by atoms with E-state index in [2.05, 4.69) is 5.32 Å². The largest absolute Gasteiger partial charge is 0.497 e. The molecule has 0 fully saturated rings. The van der Waals surface area contributed by atoms with Gasteiger partial charge in [-0.25, -0.2) is 8.42 Å². The lowest BCUT2D eigenvalue weighted by Gasteiger charge is -2.32. The molecule has 36 heavy (non-hydrogen) atoms. The zero-order valence-electron chi connectivity index (χ0n) is 21.9. The number of hydrogen-bond acceptors (Lipinski definition) is 6. The smallest absolute Gasteiger partial charge is 0.244 e. The fourth-order valence-electron chi connectivity index (χ4n) is 3.62. The molecule has 0 aromatic heterocycles. The zero-order valence-corrected chi connectivity index (χ0v) is 22.7. The Balaban J connectivity index is 2.40. The molecule has 0 aliphatic carbocycles. The number of amides is 2. The monoisotopic (exact) mass is 519 g/mol. The van der Waals surface area contributed by atoms with E-state index in [1.54, 1.807) is 19.1 Å². The standard InChI is InChI=1S/C26H37N3O6S/c1-7-19(2)27-26(31)20(3)28(16-15-21-11-9-8-10-12-21)25(30)18-29(36(6,32)33)23-17-22(34-4)13-14-24(23)35-5/h8-14,17,19-20H,7,15-16,18H2,1-6H3,(H,27,31)/t19-,20-/m0/s1. The summed E-state index contributed by atoms with van der Waals surface area (Å²) < 4.78 is 37.2. The summed E-state index contributed by atoms with van der Waals surface area (Å²) in [6.45, 7) is 5.24. The van der Waals surface area contributed by atoms with E-state index in [1.807, 2.05) is 44.2 Å². The fraction of sp³-hybridized carbons (Fsp3) is 0.462.